The second kappa shape index (κ2) is 13.2. The van der Waals surface area contributed by atoms with Crippen LogP contribution in [0.1, 0.15) is 22.3 Å². The largest absolute Gasteiger partial charge is 0.455 e. The van der Waals surface area contributed by atoms with Crippen molar-refractivity contribution in [3.8, 4) is 22.3 Å². The molecule has 0 N–H and O–H groups in total. The second-order valence-corrected chi connectivity index (χ2v) is 15.6. The van der Waals surface area contributed by atoms with Crippen LogP contribution in [0.15, 0.2) is 229 Å². The Hall–Kier alpha value is -7.68. The molecule has 0 unspecified atom stereocenters. The summed E-state index contributed by atoms with van der Waals surface area (Å²) in [5.41, 5.74) is 14.6. The van der Waals surface area contributed by atoms with Crippen LogP contribution in [0.4, 0.5) is 17.1 Å². The minimum Gasteiger partial charge on any atom is -0.455 e. The van der Waals surface area contributed by atoms with E-state index in [1.54, 1.807) is 0 Å². The third-order valence-electron chi connectivity index (χ3n) is 12.5. The molecule has 0 fully saturated rings. The maximum Gasteiger partial charge on any atom is 0.143 e. The number of anilines is 3. The van der Waals surface area contributed by atoms with Crippen LogP contribution in [0.3, 0.4) is 0 Å². The first-order valence-corrected chi connectivity index (χ1v) is 20.3. The Balaban J connectivity index is 1.10. The van der Waals surface area contributed by atoms with E-state index in [1.165, 1.54) is 55.3 Å². The Kier molecular flexibility index (Phi) is 7.48. The molecule has 10 aromatic carbocycles. The monoisotopic (exact) mass is 751 g/mol. The van der Waals surface area contributed by atoms with Crippen LogP contribution in [-0.4, -0.2) is 0 Å². The van der Waals surface area contributed by atoms with E-state index >= 15 is 0 Å². The molecule has 0 saturated carbocycles. The highest BCUT2D eigenvalue weighted by molar-refractivity contribution is 6.23. The van der Waals surface area contributed by atoms with Crippen LogP contribution in [0.2, 0.25) is 0 Å². The summed E-state index contributed by atoms with van der Waals surface area (Å²) in [6.45, 7) is 0. The van der Waals surface area contributed by atoms with Gasteiger partial charge in [-0.25, -0.2) is 0 Å². The van der Waals surface area contributed by atoms with E-state index < -0.39 is 5.41 Å². The summed E-state index contributed by atoms with van der Waals surface area (Å²) in [5.74, 6) is 0. The van der Waals surface area contributed by atoms with E-state index in [4.69, 9.17) is 4.42 Å². The van der Waals surface area contributed by atoms with Crippen molar-refractivity contribution in [1.82, 2.24) is 0 Å². The maximum absolute atomic E-state index is 6.59. The third-order valence-corrected chi connectivity index (χ3v) is 12.5. The molecule has 0 radical (unpaired) electrons. The Morgan fingerprint density at radius 2 is 0.932 bits per heavy atom. The number of hydrogen-bond donors (Lipinski definition) is 0. The van der Waals surface area contributed by atoms with Crippen molar-refractivity contribution in [2.24, 2.45) is 0 Å². The van der Waals surface area contributed by atoms with Gasteiger partial charge in [0.05, 0.1) is 5.41 Å². The molecule has 2 nitrogen and oxygen atoms in total. The molecule has 12 rings (SSSR count). The van der Waals surface area contributed by atoms with E-state index in [9.17, 15) is 0 Å². The standard InChI is InChI=1S/C57H37NO/c1-3-15-38(16-4-1)40-17-13-21-44(35-40)58(46-32-34-47-41(36-46)30-29-39-31-33-51-50-25-9-12-28-54(50)59-56(51)55(39)47)45-22-14-20-43(37-45)57(42-18-5-2-6-19-42)52-26-10-7-23-48(52)49-24-8-11-27-53(49)57/h1-37H. The van der Waals surface area contributed by atoms with E-state index in [-0.39, 0.29) is 0 Å². The summed E-state index contributed by atoms with van der Waals surface area (Å²) >= 11 is 0. The summed E-state index contributed by atoms with van der Waals surface area (Å²) in [7, 11) is 0. The molecule has 0 bridgehead atoms. The summed E-state index contributed by atoms with van der Waals surface area (Å²) in [5, 5.41) is 6.92. The van der Waals surface area contributed by atoms with E-state index in [0.717, 1.165) is 49.8 Å². The van der Waals surface area contributed by atoms with Crippen LogP contribution < -0.4 is 4.90 Å². The molecule has 0 atom stereocenters. The van der Waals surface area contributed by atoms with Crippen molar-refractivity contribution in [3.63, 3.8) is 0 Å². The molecule has 59 heavy (non-hydrogen) atoms. The Morgan fingerprint density at radius 1 is 0.356 bits per heavy atom. The predicted molar refractivity (Wildman–Crippen MR) is 246 cm³/mol. The minimum absolute atomic E-state index is 0.512. The number of para-hydroxylation sites is 1. The predicted octanol–water partition coefficient (Wildman–Crippen LogP) is 15.4. The number of furan rings is 1. The van der Waals surface area contributed by atoms with Crippen LogP contribution in [0.25, 0.3) is 65.7 Å². The number of nitrogens with zero attached hydrogens (tertiary/aromatic N) is 1. The van der Waals surface area contributed by atoms with Gasteiger partial charge in [-0.15, -0.1) is 0 Å². The van der Waals surface area contributed by atoms with Crippen molar-refractivity contribution in [1.29, 1.82) is 0 Å². The second-order valence-electron chi connectivity index (χ2n) is 15.6. The lowest BCUT2D eigenvalue weighted by Crippen LogP contribution is -2.28. The van der Waals surface area contributed by atoms with Gasteiger partial charge in [0.2, 0.25) is 0 Å². The molecule has 1 heterocycles. The lowest BCUT2D eigenvalue weighted by Gasteiger charge is -2.35. The fourth-order valence-corrected chi connectivity index (χ4v) is 9.95. The van der Waals surface area contributed by atoms with Gasteiger partial charge in [-0.3, -0.25) is 0 Å². The maximum atomic E-state index is 6.59. The average molecular weight is 752 g/mol. The van der Waals surface area contributed by atoms with Crippen LogP contribution in [0, 0.1) is 0 Å². The normalized spacial score (nSPS) is 12.9. The van der Waals surface area contributed by atoms with Gasteiger partial charge in [-0.2, -0.15) is 0 Å². The molecular weight excluding hydrogens is 715 g/mol. The third kappa shape index (κ3) is 5.06. The highest BCUT2D eigenvalue weighted by atomic mass is 16.3. The fraction of sp³-hybridized carbons (Fsp3) is 0.0175. The van der Waals surface area contributed by atoms with Crippen molar-refractivity contribution in [2.75, 3.05) is 4.90 Å². The molecule has 1 aromatic heterocycles. The van der Waals surface area contributed by atoms with Crippen molar-refractivity contribution >= 4 is 60.5 Å². The Labute approximate surface area is 342 Å². The smallest absolute Gasteiger partial charge is 0.143 e. The van der Waals surface area contributed by atoms with Crippen molar-refractivity contribution in [2.45, 2.75) is 5.41 Å². The molecule has 1 aliphatic rings. The molecule has 11 aromatic rings. The average Bonchev–Trinajstić information content (AvgIpc) is 3.84. The number of hydrogen-bond acceptors (Lipinski definition) is 2. The molecule has 2 heteroatoms. The molecular formula is C57H37NO. The molecule has 0 aliphatic heterocycles. The van der Waals surface area contributed by atoms with E-state index in [0.29, 0.717) is 0 Å². The summed E-state index contributed by atoms with van der Waals surface area (Å²) in [4.78, 5) is 2.42. The van der Waals surface area contributed by atoms with Gasteiger partial charge in [0.25, 0.3) is 0 Å². The zero-order valence-corrected chi connectivity index (χ0v) is 32.2. The van der Waals surface area contributed by atoms with Gasteiger partial charge >= 0.3 is 0 Å². The van der Waals surface area contributed by atoms with Crippen LogP contribution >= 0.6 is 0 Å². The summed E-state index contributed by atoms with van der Waals surface area (Å²) in [6.07, 6.45) is 0. The molecule has 0 saturated heterocycles. The first kappa shape index (κ1) is 33.5. The zero-order chi connectivity index (χ0) is 38.9. The van der Waals surface area contributed by atoms with Gasteiger partial charge < -0.3 is 9.32 Å². The molecule has 0 spiro atoms. The zero-order valence-electron chi connectivity index (χ0n) is 32.2. The number of rotatable bonds is 6. The fourth-order valence-electron chi connectivity index (χ4n) is 9.95. The number of benzene rings is 10. The Bertz CT molecular complexity index is 3350. The van der Waals surface area contributed by atoms with E-state index in [2.05, 4.69) is 223 Å². The highest BCUT2D eigenvalue weighted by Crippen LogP contribution is 2.56. The quantitative estimate of drug-likeness (QED) is 0.157. The van der Waals surface area contributed by atoms with Gasteiger partial charge in [-0.1, -0.05) is 176 Å². The van der Waals surface area contributed by atoms with Gasteiger partial charge in [0.15, 0.2) is 0 Å². The molecule has 0 amide bonds. The van der Waals surface area contributed by atoms with E-state index in [1.807, 2.05) is 6.07 Å². The van der Waals surface area contributed by atoms with Gasteiger partial charge in [0.1, 0.15) is 11.2 Å². The first-order valence-electron chi connectivity index (χ1n) is 20.3. The van der Waals surface area contributed by atoms with Crippen LogP contribution in [0.5, 0.6) is 0 Å². The minimum atomic E-state index is -0.512. The summed E-state index contributed by atoms with van der Waals surface area (Å²) < 4.78 is 6.59. The topological polar surface area (TPSA) is 16.4 Å². The SMILES string of the molecule is c1ccc(-c2cccc(N(c3cccc(C4(c5ccccc5)c5ccccc5-c5ccccc54)c3)c3ccc4c(ccc5ccc6c7ccccc7oc6c54)c3)c2)cc1. The van der Waals surface area contributed by atoms with Crippen molar-refractivity contribution < 1.29 is 4.42 Å². The summed E-state index contributed by atoms with van der Waals surface area (Å²) in [6, 6.07) is 81.9. The molecule has 276 valence electrons. The van der Waals surface area contributed by atoms with Crippen LogP contribution in [-0.2, 0) is 5.41 Å². The van der Waals surface area contributed by atoms with Gasteiger partial charge in [0, 0.05) is 33.2 Å². The first-order chi connectivity index (χ1) is 29.3. The van der Waals surface area contributed by atoms with Crippen molar-refractivity contribution in [3.05, 3.63) is 247 Å². The lowest BCUT2D eigenvalue weighted by atomic mass is 9.67. The Morgan fingerprint density at radius 3 is 1.73 bits per heavy atom. The lowest BCUT2D eigenvalue weighted by molar-refractivity contribution is 0.673. The highest BCUT2D eigenvalue weighted by Gasteiger charge is 2.46. The number of fused-ring (bicyclic) bond motifs is 10. The molecule has 1 aliphatic carbocycles. The van der Waals surface area contributed by atoms with Gasteiger partial charge in [-0.05, 0) is 109 Å².